The lowest BCUT2D eigenvalue weighted by atomic mass is 10.1. The van der Waals surface area contributed by atoms with Crippen molar-refractivity contribution in [3.05, 3.63) is 56.4 Å². The monoisotopic (exact) mass is 343 g/mol. The molecule has 1 aromatic carbocycles. The van der Waals surface area contributed by atoms with Gasteiger partial charge in [-0.05, 0) is 50.5 Å². The first-order valence-electron chi connectivity index (χ1n) is 5.52. The number of hydrogen-bond acceptors (Lipinski definition) is 3. The zero-order chi connectivity index (χ0) is 13.8. The van der Waals surface area contributed by atoms with Gasteiger partial charge in [-0.1, -0.05) is 6.07 Å². The van der Waals surface area contributed by atoms with Gasteiger partial charge in [0.25, 0.3) is 5.91 Å². The van der Waals surface area contributed by atoms with Crippen LogP contribution in [0, 0.1) is 5.82 Å². The molecule has 0 bridgehead atoms. The molecule has 2 rings (SSSR count). The van der Waals surface area contributed by atoms with Gasteiger partial charge in [0.2, 0.25) is 0 Å². The quantitative estimate of drug-likeness (QED) is 0.895. The van der Waals surface area contributed by atoms with E-state index in [1.807, 2.05) is 5.38 Å². The summed E-state index contributed by atoms with van der Waals surface area (Å²) in [7, 11) is 0. The second-order valence-corrected chi connectivity index (χ2v) is 5.52. The van der Waals surface area contributed by atoms with Crippen molar-refractivity contribution in [2.75, 3.05) is 6.54 Å². The van der Waals surface area contributed by atoms with Crippen molar-refractivity contribution in [2.45, 2.75) is 6.10 Å². The summed E-state index contributed by atoms with van der Waals surface area (Å²) < 4.78 is 13.9. The molecule has 2 N–H and O–H groups in total. The van der Waals surface area contributed by atoms with Crippen LogP contribution in [-0.4, -0.2) is 17.6 Å². The molecule has 6 heteroatoms. The summed E-state index contributed by atoms with van der Waals surface area (Å²) in [6.45, 7) is 0.0432. The molecule has 0 fully saturated rings. The molecule has 2 aromatic rings. The van der Waals surface area contributed by atoms with Crippen LogP contribution in [0.3, 0.4) is 0 Å². The van der Waals surface area contributed by atoms with Gasteiger partial charge in [0, 0.05) is 6.54 Å². The van der Waals surface area contributed by atoms with E-state index >= 15 is 0 Å². The molecule has 0 spiro atoms. The van der Waals surface area contributed by atoms with Crippen molar-refractivity contribution in [3.8, 4) is 0 Å². The summed E-state index contributed by atoms with van der Waals surface area (Å²) >= 11 is 4.49. The summed E-state index contributed by atoms with van der Waals surface area (Å²) in [6.07, 6.45) is -0.787. The molecule has 100 valence electrons. The lowest BCUT2D eigenvalue weighted by molar-refractivity contribution is 0.0912. The molecule has 1 unspecified atom stereocenters. The van der Waals surface area contributed by atoms with Crippen LogP contribution in [0.1, 0.15) is 22.0 Å². The van der Waals surface area contributed by atoms with Crippen molar-refractivity contribution in [2.24, 2.45) is 0 Å². The number of hydrogen-bond donors (Lipinski definition) is 2. The van der Waals surface area contributed by atoms with Gasteiger partial charge in [0.15, 0.2) is 0 Å². The normalized spacial score (nSPS) is 12.2. The Balaban J connectivity index is 2.00. The molecule has 0 aliphatic rings. The van der Waals surface area contributed by atoms with Crippen LogP contribution >= 0.6 is 27.3 Å². The fraction of sp³-hybridized carbons (Fsp3) is 0.154. The van der Waals surface area contributed by atoms with Crippen LogP contribution in [0.2, 0.25) is 0 Å². The molecule has 0 saturated carbocycles. The molecule has 1 atom stereocenters. The molecule has 1 aromatic heterocycles. The van der Waals surface area contributed by atoms with Crippen molar-refractivity contribution in [1.82, 2.24) is 5.32 Å². The first-order chi connectivity index (χ1) is 9.09. The number of benzene rings is 1. The van der Waals surface area contributed by atoms with E-state index in [1.165, 1.54) is 23.5 Å². The van der Waals surface area contributed by atoms with Gasteiger partial charge in [-0.2, -0.15) is 11.3 Å². The van der Waals surface area contributed by atoms with Crippen molar-refractivity contribution >= 4 is 33.2 Å². The molecular weight excluding hydrogens is 333 g/mol. The first-order valence-corrected chi connectivity index (χ1v) is 7.25. The second-order valence-electron chi connectivity index (χ2n) is 3.88. The molecule has 0 aliphatic carbocycles. The third-order valence-electron chi connectivity index (χ3n) is 2.58. The van der Waals surface area contributed by atoms with E-state index in [0.717, 1.165) is 5.56 Å². The van der Waals surface area contributed by atoms with E-state index in [-0.39, 0.29) is 16.6 Å². The highest BCUT2D eigenvalue weighted by molar-refractivity contribution is 9.10. The van der Waals surface area contributed by atoms with E-state index in [4.69, 9.17) is 0 Å². The lowest BCUT2D eigenvalue weighted by Crippen LogP contribution is -2.29. The Bertz CT molecular complexity index is 574. The Kier molecular flexibility index (Phi) is 4.68. The number of aliphatic hydroxyl groups is 1. The van der Waals surface area contributed by atoms with Gasteiger partial charge < -0.3 is 10.4 Å². The molecule has 0 saturated heterocycles. The Morgan fingerprint density at radius 3 is 2.95 bits per heavy atom. The molecule has 0 aliphatic heterocycles. The lowest BCUT2D eigenvalue weighted by Gasteiger charge is -2.11. The number of thiophene rings is 1. The highest BCUT2D eigenvalue weighted by Gasteiger charge is 2.15. The minimum atomic E-state index is -0.787. The zero-order valence-electron chi connectivity index (χ0n) is 9.77. The van der Waals surface area contributed by atoms with E-state index < -0.39 is 17.8 Å². The van der Waals surface area contributed by atoms with Gasteiger partial charge in [-0.3, -0.25) is 4.79 Å². The topological polar surface area (TPSA) is 49.3 Å². The van der Waals surface area contributed by atoms with Gasteiger partial charge in [-0.15, -0.1) is 0 Å². The molecule has 0 radical (unpaired) electrons. The van der Waals surface area contributed by atoms with Gasteiger partial charge in [0.05, 0.1) is 16.1 Å². The molecule has 1 amide bonds. The largest absolute Gasteiger partial charge is 0.387 e. The highest BCUT2D eigenvalue weighted by Crippen LogP contribution is 2.19. The summed E-state index contributed by atoms with van der Waals surface area (Å²) in [5.41, 5.74) is 0.687. The molecule has 19 heavy (non-hydrogen) atoms. The average Bonchev–Trinajstić information content (AvgIpc) is 2.93. The number of aliphatic hydroxyl groups excluding tert-OH is 1. The van der Waals surface area contributed by atoms with Crippen LogP contribution in [0.5, 0.6) is 0 Å². The van der Waals surface area contributed by atoms with Crippen molar-refractivity contribution in [3.63, 3.8) is 0 Å². The number of rotatable bonds is 4. The number of nitrogens with one attached hydrogen (secondary N) is 1. The third kappa shape index (κ3) is 3.40. The maximum Gasteiger partial charge on any atom is 0.254 e. The summed E-state index contributed by atoms with van der Waals surface area (Å²) in [5, 5.41) is 16.0. The number of amides is 1. The van der Waals surface area contributed by atoms with Crippen LogP contribution in [0.15, 0.2) is 39.5 Å². The van der Waals surface area contributed by atoms with Crippen molar-refractivity contribution in [1.29, 1.82) is 0 Å². The fourth-order valence-corrected chi connectivity index (χ4v) is 2.62. The minimum absolute atomic E-state index is 0.0432. The summed E-state index contributed by atoms with van der Waals surface area (Å²) in [6, 6.07) is 6.28. The number of carbonyl (C=O) groups excluding carboxylic acids is 1. The number of halogens is 2. The maximum absolute atomic E-state index is 13.7. The van der Waals surface area contributed by atoms with Crippen LogP contribution in [-0.2, 0) is 0 Å². The summed E-state index contributed by atoms with van der Waals surface area (Å²) in [4.78, 5) is 11.8. The Morgan fingerprint density at radius 2 is 2.26 bits per heavy atom. The van der Waals surface area contributed by atoms with Crippen LogP contribution in [0.25, 0.3) is 0 Å². The minimum Gasteiger partial charge on any atom is -0.387 e. The Morgan fingerprint density at radius 1 is 1.47 bits per heavy atom. The van der Waals surface area contributed by atoms with E-state index in [9.17, 15) is 14.3 Å². The highest BCUT2D eigenvalue weighted by atomic mass is 79.9. The standard InChI is InChI=1S/C13H11BrFNO2S/c14-10-3-1-2-9(12(10)15)13(18)16-6-11(17)8-4-5-19-7-8/h1-5,7,11,17H,6H2,(H,16,18). The van der Waals surface area contributed by atoms with Crippen LogP contribution in [0.4, 0.5) is 4.39 Å². The average molecular weight is 344 g/mol. The van der Waals surface area contributed by atoms with E-state index in [1.54, 1.807) is 17.5 Å². The third-order valence-corrected chi connectivity index (χ3v) is 3.89. The Labute approximate surface area is 122 Å². The summed E-state index contributed by atoms with van der Waals surface area (Å²) in [5.74, 6) is -1.15. The SMILES string of the molecule is O=C(NCC(O)c1ccsc1)c1cccc(Br)c1F. The number of carbonyl (C=O) groups is 1. The van der Waals surface area contributed by atoms with Gasteiger partial charge in [0.1, 0.15) is 5.82 Å². The Hall–Kier alpha value is -1.24. The molecule has 1 heterocycles. The van der Waals surface area contributed by atoms with Crippen molar-refractivity contribution < 1.29 is 14.3 Å². The smallest absolute Gasteiger partial charge is 0.254 e. The zero-order valence-corrected chi connectivity index (χ0v) is 12.2. The van der Waals surface area contributed by atoms with Gasteiger partial charge >= 0.3 is 0 Å². The van der Waals surface area contributed by atoms with E-state index in [0.29, 0.717) is 0 Å². The molecule has 3 nitrogen and oxygen atoms in total. The second kappa shape index (κ2) is 6.27. The predicted octanol–water partition coefficient (Wildman–Crippen LogP) is 3.11. The maximum atomic E-state index is 13.7. The first kappa shape index (κ1) is 14.2. The van der Waals surface area contributed by atoms with Gasteiger partial charge in [-0.25, -0.2) is 4.39 Å². The fourth-order valence-electron chi connectivity index (χ4n) is 1.55. The molecular formula is C13H11BrFNO2S. The van der Waals surface area contributed by atoms with E-state index in [2.05, 4.69) is 21.2 Å². The van der Waals surface area contributed by atoms with Crippen LogP contribution < -0.4 is 5.32 Å². The predicted molar refractivity (Wildman–Crippen MR) is 75.7 cm³/mol.